The molecule has 0 unspecified atom stereocenters. The number of rotatable bonds is 5. The van der Waals surface area contributed by atoms with Crippen LogP contribution in [0.15, 0.2) is 60.9 Å². The van der Waals surface area contributed by atoms with Gasteiger partial charge in [-0.2, -0.15) is 15.3 Å². The second-order valence-corrected chi connectivity index (χ2v) is 8.87. The number of phenols is 1. The summed E-state index contributed by atoms with van der Waals surface area (Å²) in [6.45, 7) is 10.0. The van der Waals surface area contributed by atoms with Gasteiger partial charge in [0.2, 0.25) is 0 Å². The molecule has 9 heteroatoms. The Bertz CT molecular complexity index is 1520. The summed E-state index contributed by atoms with van der Waals surface area (Å²) >= 11 is 0. The van der Waals surface area contributed by atoms with Crippen molar-refractivity contribution in [3.8, 4) is 5.75 Å². The number of hydrogen-bond donors (Lipinski definition) is 1. The van der Waals surface area contributed by atoms with E-state index in [2.05, 4.69) is 30.6 Å². The molecular weight excluding hydrogens is 454 g/mol. The molecule has 1 amide bonds. The summed E-state index contributed by atoms with van der Waals surface area (Å²) in [5.74, 6) is -0.139. The molecule has 0 atom stereocenters. The zero-order chi connectivity index (χ0) is 26.1. The molecule has 3 aromatic rings. The SMILES string of the molecule is CN=Nc1cc(C)c(N=Nc2ccc3c(C)c(CN=C4C(=O)N(C)N=C4C)ccc3c2O)c(C)c1C. The average molecular weight is 484 g/mol. The Kier molecular flexibility index (Phi) is 6.74. The normalized spacial score (nSPS) is 15.3. The van der Waals surface area contributed by atoms with Crippen LogP contribution in [0.5, 0.6) is 5.75 Å². The highest BCUT2D eigenvalue weighted by Gasteiger charge is 2.26. The van der Waals surface area contributed by atoms with Crippen LogP contribution in [0.4, 0.5) is 17.1 Å². The number of aryl methyl sites for hydroxylation is 2. The third-order valence-electron chi connectivity index (χ3n) is 6.57. The van der Waals surface area contributed by atoms with Gasteiger partial charge in [0.25, 0.3) is 5.91 Å². The van der Waals surface area contributed by atoms with Crippen molar-refractivity contribution < 1.29 is 9.90 Å². The molecule has 1 aliphatic heterocycles. The van der Waals surface area contributed by atoms with Crippen LogP contribution in [-0.4, -0.2) is 41.5 Å². The van der Waals surface area contributed by atoms with Crippen molar-refractivity contribution in [3.05, 3.63) is 58.1 Å². The van der Waals surface area contributed by atoms with Crippen LogP contribution >= 0.6 is 0 Å². The van der Waals surface area contributed by atoms with Gasteiger partial charge < -0.3 is 5.11 Å². The van der Waals surface area contributed by atoms with Crippen LogP contribution in [0.25, 0.3) is 10.8 Å². The maximum absolute atomic E-state index is 12.2. The number of hydrogen-bond acceptors (Lipinski definition) is 8. The van der Waals surface area contributed by atoms with E-state index in [4.69, 9.17) is 0 Å². The van der Waals surface area contributed by atoms with Crippen molar-refractivity contribution in [1.82, 2.24) is 5.01 Å². The van der Waals surface area contributed by atoms with E-state index < -0.39 is 0 Å². The summed E-state index contributed by atoms with van der Waals surface area (Å²) < 4.78 is 0. The molecule has 0 saturated heterocycles. The van der Waals surface area contributed by atoms with E-state index in [1.54, 1.807) is 27.1 Å². The lowest BCUT2D eigenvalue weighted by Crippen LogP contribution is -2.24. The minimum absolute atomic E-state index is 0.0659. The first-order valence-corrected chi connectivity index (χ1v) is 11.6. The van der Waals surface area contributed by atoms with Crippen molar-refractivity contribution >= 4 is 45.2 Å². The molecule has 1 heterocycles. The number of benzene rings is 3. The number of phenolic OH excluding ortho intramolecular Hbond substituents is 1. The maximum atomic E-state index is 12.2. The monoisotopic (exact) mass is 483 g/mol. The van der Waals surface area contributed by atoms with Crippen LogP contribution in [-0.2, 0) is 11.3 Å². The number of aliphatic imine (C=N–C) groups is 1. The average Bonchev–Trinajstić information content (AvgIpc) is 3.09. The summed E-state index contributed by atoms with van der Waals surface area (Å²) in [7, 11) is 3.26. The third kappa shape index (κ3) is 4.39. The summed E-state index contributed by atoms with van der Waals surface area (Å²) in [4.78, 5) is 16.7. The van der Waals surface area contributed by atoms with Gasteiger partial charge in [-0.05, 0) is 80.0 Å². The standard InChI is InChI=1S/C27H29N7O2/c1-14-12-23(30-28-6)15(2)16(3)24(14)32-31-22-11-10-20-17(4)19(8-9-21(20)26(22)35)13-29-25-18(5)33-34(7)27(25)36/h8-12,35H,13H2,1-7H3. The molecule has 36 heavy (non-hydrogen) atoms. The van der Waals surface area contributed by atoms with Crippen molar-refractivity contribution in [3.63, 3.8) is 0 Å². The van der Waals surface area contributed by atoms with E-state index in [1.165, 1.54) is 5.01 Å². The van der Waals surface area contributed by atoms with Crippen molar-refractivity contribution in [2.75, 3.05) is 14.1 Å². The molecule has 0 bridgehead atoms. The minimum Gasteiger partial charge on any atom is -0.505 e. The van der Waals surface area contributed by atoms with Crippen LogP contribution in [0.3, 0.4) is 0 Å². The fraction of sp³-hybridized carbons (Fsp3) is 0.296. The quantitative estimate of drug-likeness (QED) is 0.407. The van der Waals surface area contributed by atoms with Gasteiger partial charge in [-0.15, -0.1) is 10.2 Å². The van der Waals surface area contributed by atoms with Gasteiger partial charge in [0.05, 0.1) is 23.6 Å². The Morgan fingerprint density at radius 2 is 1.61 bits per heavy atom. The van der Waals surface area contributed by atoms with E-state index in [9.17, 15) is 9.90 Å². The van der Waals surface area contributed by atoms with Gasteiger partial charge in [0, 0.05) is 19.5 Å². The lowest BCUT2D eigenvalue weighted by Gasteiger charge is -2.11. The molecule has 3 aromatic carbocycles. The number of nitrogens with zero attached hydrogens (tertiary/aromatic N) is 7. The maximum Gasteiger partial charge on any atom is 0.293 e. The van der Waals surface area contributed by atoms with Crippen LogP contribution in [0.2, 0.25) is 0 Å². The Morgan fingerprint density at radius 3 is 2.28 bits per heavy atom. The summed E-state index contributed by atoms with van der Waals surface area (Å²) in [6.07, 6.45) is 0. The molecule has 1 N–H and O–H groups in total. The number of fused-ring (bicyclic) bond motifs is 1. The predicted molar refractivity (Wildman–Crippen MR) is 143 cm³/mol. The Morgan fingerprint density at radius 1 is 0.889 bits per heavy atom. The molecule has 9 nitrogen and oxygen atoms in total. The largest absolute Gasteiger partial charge is 0.505 e. The molecule has 0 aliphatic carbocycles. The number of amides is 1. The second kappa shape index (κ2) is 9.77. The zero-order valence-electron chi connectivity index (χ0n) is 21.6. The van der Waals surface area contributed by atoms with Crippen LogP contribution in [0.1, 0.15) is 34.7 Å². The van der Waals surface area contributed by atoms with Crippen LogP contribution in [0, 0.1) is 27.7 Å². The van der Waals surface area contributed by atoms with E-state index >= 15 is 0 Å². The van der Waals surface area contributed by atoms with E-state index in [1.807, 2.05) is 52.0 Å². The molecular formula is C27H29N7O2. The van der Waals surface area contributed by atoms with Crippen molar-refractivity contribution in [1.29, 1.82) is 0 Å². The molecule has 0 saturated carbocycles. The molecule has 0 fully saturated rings. The fourth-order valence-corrected chi connectivity index (χ4v) is 4.31. The zero-order valence-corrected chi connectivity index (χ0v) is 21.6. The van der Waals surface area contributed by atoms with Gasteiger partial charge in [-0.25, -0.2) is 5.01 Å². The van der Waals surface area contributed by atoms with E-state index in [0.29, 0.717) is 29.0 Å². The summed E-state index contributed by atoms with van der Waals surface area (Å²) in [6, 6.07) is 9.37. The highest BCUT2D eigenvalue weighted by Crippen LogP contribution is 2.39. The number of azo groups is 2. The Balaban J connectivity index is 1.66. The predicted octanol–water partition coefficient (Wildman–Crippen LogP) is 6.70. The number of aromatic hydroxyl groups is 1. The molecule has 0 spiro atoms. The first kappa shape index (κ1) is 24.8. The topological polar surface area (TPSA) is 115 Å². The fourth-order valence-electron chi connectivity index (χ4n) is 4.31. The second-order valence-electron chi connectivity index (χ2n) is 8.87. The molecule has 4 rings (SSSR count). The van der Waals surface area contributed by atoms with Crippen LogP contribution < -0.4 is 0 Å². The van der Waals surface area contributed by atoms with E-state index in [0.717, 1.165) is 44.6 Å². The molecule has 1 aliphatic rings. The molecule has 184 valence electrons. The number of hydrazone groups is 1. The molecule has 0 radical (unpaired) electrons. The first-order chi connectivity index (χ1) is 17.1. The highest BCUT2D eigenvalue weighted by atomic mass is 16.3. The number of carbonyl (C=O) groups excluding carboxylic acids is 1. The Hall–Kier alpha value is -4.27. The first-order valence-electron chi connectivity index (χ1n) is 11.6. The van der Waals surface area contributed by atoms with Crippen molar-refractivity contribution in [2.24, 2.45) is 30.6 Å². The van der Waals surface area contributed by atoms with Crippen molar-refractivity contribution in [2.45, 2.75) is 41.2 Å². The van der Waals surface area contributed by atoms with Gasteiger partial charge in [0.1, 0.15) is 11.4 Å². The lowest BCUT2D eigenvalue weighted by molar-refractivity contribution is -0.122. The van der Waals surface area contributed by atoms with Gasteiger partial charge in [-0.1, -0.05) is 18.2 Å². The third-order valence-corrected chi connectivity index (χ3v) is 6.57. The van der Waals surface area contributed by atoms with Gasteiger partial charge in [-0.3, -0.25) is 9.79 Å². The van der Waals surface area contributed by atoms with Gasteiger partial charge in [0.15, 0.2) is 5.75 Å². The summed E-state index contributed by atoms with van der Waals surface area (Å²) in [5, 5.41) is 34.9. The summed E-state index contributed by atoms with van der Waals surface area (Å²) in [5.41, 5.74) is 7.76. The molecule has 0 aromatic heterocycles. The smallest absolute Gasteiger partial charge is 0.293 e. The highest BCUT2D eigenvalue weighted by molar-refractivity contribution is 6.68. The lowest BCUT2D eigenvalue weighted by atomic mass is 9.99. The Labute approximate surface area is 210 Å². The number of carbonyl (C=O) groups is 1. The minimum atomic E-state index is -0.205. The van der Waals surface area contributed by atoms with Gasteiger partial charge >= 0.3 is 0 Å². The van der Waals surface area contributed by atoms with E-state index in [-0.39, 0.29) is 11.7 Å².